The van der Waals surface area contributed by atoms with Crippen LogP contribution in [-0.4, -0.2) is 43.5 Å². The van der Waals surface area contributed by atoms with Crippen LogP contribution < -0.4 is 29.1 Å². The first kappa shape index (κ1) is 29.0. The smallest absolute Gasteiger partial charge is 0.338 e. The van der Waals surface area contributed by atoms with E-state index in [2.05, 4.69) is 4.98 Å². The molecule has 0 unspecified atom stereocenters. The van der Waals surface area contributed by atoms with E-state index in [1.165, 1.54) is 11.3 Å². The quantitative estimate of drug-likeness (QED) is 0.249. The number of methoxy groups -OCH3 is 3. The zero-order valence-corrected chi connectivity index (χ0v) is 25.8. The van der Waals surface area contributed by atoms with E-state index in [0.29, 0.717) is 43.4 Å². The van der Waals surface area contributed by atoms with Gasteiger partial charge in [0.1, 0.15) is 5.75 Å². The minimum atomic E-state index is -0.788. The van der Waals surface area contributed by atoms with Crippen molar-refractivity contribution >= 4 is 34.3 Å². The van der Waals surface area contributed by atoms with Crippen molar-refractivity contribution in [3.05, 3.63) is 109 Å². The van der Waals surface area contributed by atoms with E-state index in [-0.39, 0.29) is 12.2 Å². The van der Waals surface area contributed by atoms with Gasteiger partial charge in [-0.1, -0.05) is 59.9 Å². The number of nitrogens with one attached hydrogen (secondary N) is 1. The van der Waals surface area contributed by atoms with Crippen LogP contribution in [0.4, 0.5) is 0 Å². The molecule has 1 N–H and O–H groups in total. The average Bonchev–Trinajstić information content (AvgIpc) is 3.57. The Labute approximate surface area is 257 Å². The molecular formula is C34H31N3O6S. The van der Waals surface area contributed by atoms with Crippen molar-refractivity contribution < 1.29 is 23.7 Å². The lowest BCUT2D eigenvalue weighted by Gasteiger charge is -2.25. The molecule has 5 aromatic rings. The Kier molecular flexibility index (Phi) is 7.84. The summed E-state index contributed by atoms with van der Waals surface area (Å²) in [4.78, 5) is 36.4. The molecule has 0 bridgehead atoms. The Balaban J connectivity index is 1.62. The first-order chi connectivity index (χ1) is 21.4. The normalized spacial score (nSPS) is 14.8. The predicted octanol–water partition coefficient (Wildman–Crippen LogP) is 4.97. The molecular weight excluding hydrogens is 578 g/mol. The van der Waals surface area contributed by atoms with Crippen LogP contribution in [0.2, 0.25) is 0 Å². The number of hydrogen-bond acceptors (Lipinski definition) is 8. The molecule has 0 aliphatic carbocycles. The van der Waals surface area contributed by atoms with Crippen LogP contribution in [0.5, 0.6) is 17.2 Å². The molecule has 6 rings (SSSR count). The fourth-order valence-corrected chi connectivity index (χ4v) is 6.65. The van der Waals surface area contributed by atoms with Crippen molar-refractivity contribution in [1.29, 1.82) is 0 Å². The number of thiazole rings is 1. The number of fused-ring (bicyclic) bond motifs is 2. The Morgan fingerprint density at radius 3 is 2.43 bits per heavy atom. The molecule has 0 spiro atoms. The van der Waals surface area contributed by atoms with Gasteiger partial charge in [0.2, 0.25) is 0 Å². The molecule has 1 atom stereocenters. The van der Waals surface area contributed by atoms with Gasteiger partial charge in [0.25, 0.3) is 5.56 Å². The molecule has 1 aliphatic rings. The van der Waals surface area contributed by atoms with E-state index in [1.54, 1.807) is 51.9 Å². The molecule has 3 heterocycles. The van der Waals surface area contributed by atoms with E-state index in [9.17, 15) is 9.59 Å². The number of ether oxygens (including phenoxy) is 4. The summed E-state index contributed by atoms with van der Waals surface area (Å²) in [5.74, 6) is 1.18. The third-order valence-electron chi connectivity index (χ3n) is 7.63. The number of para-hydroxylation sites is 1. The number of aromatic nitrogens is 2. The Hall–Kier alpha value is -5.09. The summed E-state index contributed by atoms with van der Waals surface area (Å²) in [5.41, 5.74) is 4.66. The van der Waals surface area contributed by atoms with Gasteiger partial charge in [-0.25, -0.2) is 9.79 Å². The van der Waals surface area contributed by atoms with Gasteiger partial charge in [0.15, 0.2) is 16.3 Å². The van der Waals surface area contributed by atoms with Crippen molar-refractivity contribution in [1.82, 2.24) is 9.55 Å². The molecule has 10 heteroatoms. The monoisotopic (exact) mass is 609 g/mol. The number of carbonyl (C=O) groups is 1. The molecule has 3 aromatic carbocycles. The molecule has 0 saturated carbocycles. The SMILES string of the molecule is CCOC(=O)C1=C(C)N=c2s/c(=C\c3c(-c4ccccc4)[nH]c4c(OC)cccc34)c(=O)n2[C@@H]1c1ccc(OC)c(OC)c1. The van der Waals surface area contributed by atoms with Gasteiger partial charge in [0, 0.05) is 10.9 Å². The maximum absolute atomic E-state index is 14.4. The average molecular weight is 610 g/mol. The molecule has 0 saturated heterocycles. The van der Waals surface area contributed by atoms with Gasteiger partial charge in [-0.05, 0) is 49.2 Å². The highest BCUT2D eigenvalue weighted by Gasteiger charge is 2.34. The van der Waals surface area contributed by atoms with Crippen molar-refractivity contribution in [3.8, 4) is 28.5 Å². The van der Waals surface area contributed by atoms with E-state index in [1.807, 2.05) is 60.7 Å². The van der Waals surface area contributed by atoms with Crippen LogP contribution in [0, 0.1) is 0 Å². The minimum Gasteiger partial charge on any atom is -0.495 e. The number of esters is 1. The van der Waals surface area contributed by atoms with E-state index in [0.717, 1.165) is 27.7 Å². The standard InChI is InChI=1S/C34H31N3O6S/c1-6-43-33(39)28-19(2)35-34-37(31(28)21-15-16-24(40-3)26(17-21)42-5)32(38)27(44-34)18-23-22-13-10-14-25(41-4)30(22)36-29(23)20-11-8-7-9-12-20/h7-18,31,36H,6H2,1-5H3/b27-18-/t31-/m1/s1. The second-order valence-corrected chi connectivity index (χ2v) is 11.1. The highest BCUT2D eigenvalue weighted by atomic mass is 32.1. The lowest BCUT2D eigenvalue weighted by atomic mass is 9.95. The number of allylic oxidation sites excluding steroid dienone is 1. The van der Waals surface area contributed by atoms with Crippen LogP contribution >= 0.6 is 11.3 Å². The third kappa shape index (κ3) is 4.87. The second-order valence-electron chi connectivity index (χ2n) is 10.1. The molecule has 1 aliphatic heterocycles. The number of nitrogens with zero attached hydrogens (tertiary/aromatic N) is 2. The van der Waals surface area contributed by atoms with E-state index >= 15 is 0 Å². The van der Waals surface area contributed by atoms with Crippen molar-refractivity contribution in [2.45, 2.75) is 19.9 Å². The van der Waals surface area contributed by atoms with Gasteiger partial charge in [-0.3, -0.25) is 9.36 Å². The summed E-state index contributed by atoms with van der Waals surface area (Å²) in [6.07, 6.45) is 1.89. The maximum atomic E-state index is 14.4. The number of benzene rings is 3. The molecule has 0 radical (unpaired) electrons. The zero-order valence-electron chi connectivity index (χ0n) is 25.0. The zero-order chi connectivity index (χ0) is 31.0. The van der Waals surface area contributed by atoms with Crippen LogP contribution in [0.1, 0.15) is 31.0 Å². The van der Waals surface area contributed by atoms with E-state index in [4.69, 9.17) is 23.9 Å². The summed E-state index contributed by atoms with van der Waals surface area (Å²) in [5, 5.41) is 0.911. The highest BCUT2D eigenvalue weighted by Crippen LogP contribution is 2.37. The second kappa shape index (κ2) is 11.9. The molecule has 0 fully saturated rings. The van der Waals surface area contributed by atoms with Crippen LogP contribution in [0.25, 0.3) is 28.2 Å². The number of carbonyl (C=O) groups excluding carboxylic acids is 1. The Morgan fingerprint density at radius 2 is 1.73 bits per heavy atom. The number of rotatable bonds is 8. The van der Waals surface area contributed by atoms with Gasteiger partial charge < -0.3 is 23.9 Å². The summed E-state index contributed by atoms with van der Waals surface area (Å²) >= 11 is 1.27. The summed E-state index contributed by atoms with van der Waals surface area (Å²) in [6, 6.07) is 20.3. The van der Waals surface area contributed by atoms with Crippen LogP contribution in [-0.2, 0) is 9.53 Å². The first-order valence-electron chi connectivity index (χ1n) is 14.1. The van der Waals surface area contributed by atoms with Gasteiger partial charge >= 0.3 is 5.97 Å². The fraction of sp³-hybridized carbons (Fsp3) is 0.206. The first-order valence-corrected chi connectivity index (χ1v) is 14.9. The number of aromatic amines is 1. The predicted molar refractivity (Wildman–Crippen MR) is 170 cm³/mol. The van der Waals surface area contributed by atoms with Gasteiger partial charge in [-0.2, -0.15) is 0 Å². The van der Waals surface area contributed by atoms with Gasteiger partial charge in [-0.15, -0.1) is 0 Å². The van der Waals surface area contributed by atoms with Crippen molar-refractivity contribution in [3.63, 3.8) is 0 Å². The van der Waals surface area contributed by atoms with Crippen LogP contribution in [0.3, 0.4) is 0 Å². The summed E-state index contributed by atoms with van der Waals surface area (Å²) in [6.45, 7) is 3.69. The fourth-order valence-electron chi connectivity index (χ4n) is 5.62. The summed E-state index contributed by atoms with van der Waals surface area (Å²) < 4.78 is 24.1. The molecule has 2 aromatic heterocycles. The largest absolute Gasteiger partial charge is 0.495 e. The summed E-state index contributed by atoms with van der Waals surface area (Å²) in [7, 11) is 4.73. The third-order valence-corrected chi connectivity index (χ3v) is 8.62. The maximum Gasteiger partial charge on any atom is 0.338 e. The van der Waals surface area contributed by atoms with Crippen molar-refractivity contribution in [2.24, 2.45) is 4.99 Å². The number of hydrogen-bond donors (Lipinski definition) is 1. The van der Waals surface area contributed by atoms with E-state index < -0.39 is 12.0 Å². The molecule has 44 heavy (non-hydrogen) atoms. The van der Waals surface area contributed by atoms with Crippen molar-refractivity contribution in [2.75, 3.05) is 27.9 Å². The topological polar surface area (TPSA) is 104 Å². The van der Waals surface area contributed by atoms with Crippen LogP contribution in [0.15, 0.2) is 87.8 Å². The van der Waals surface area contributed by atoms with Gasteiger partial charge in [0.05, 0.1) is 61.0 Å². The Bertz CT molecular complexity index is 2110. The lowest BCUT2D eigenvalue weighted by molar-refractivity contribution is -0.139. The Morgan fingerprint density at radius 1 is 0.977 bits per heavy atom. The lowest BCUT2D eigenvalue weighted by Crippen LogP contribution is -2.40. The number of H-pyrrole nitrogens is 1. The molecule has 9 nitrogen and oxygen atoms in total. The highest BCUT2D eigenvalue weighted by molar-refractivity contribution is 7.07. The molecule has 0 amide bonds. The molecule has 224 valence electrons. The minimum absolute atomic E-state index is 0.185.